The van der Waals surface area contributed by atoms with E-state index in [1.807, 2.05) is 6.92 Å². The normalized spacial score (nSPS) is 18.6. The Balaban J connectivity index is 1.93. The van der Waals surface area contributed by atoms with Crippen molar-refractivity contribution in [3.05, 3.63) is 17.5 Å². The van der Waals surface area contributed by atoms with Gasteiger partial charge in [-0.1, -0.05) is 6.07 Å². The van der Waals surface area contributed by atoms with Crippen LogP contribution in [0, 0.1) is 0 Å². The number of sulfonamides is 1. The van der Waals surface area contributed by atoms with E-state index in [9.17, 15) is 13.2 Å². The molecule has 2 rings (SSSR count). The molecular weight excluding hydrogens is 284 g/mol. The lowest BCUT2D eigenvalue weighted by molar-refractivity contribution is -0.135. The minimum atomic E-state index is -3.44. The van der Waals surface area contributed by atoms with Gasteiger partial charge in [-0.15, -0.1) is 11.3 Å². The van der Waals surface area contributed by atoms with Crippen LogP contribution >= 0.6 is 11.3 Å². The molecular formula is C12H18N2O3S2. The molecule has 0 saturated carbocycles. The van der Waals surface area contributed by atoms with E-state index in [1.54, 1.807) is 22.4 Å². The molecule has 1 fully saturated rings. The Labute approximate surface area is 117 Å². The van der Waals surface area contributed by atoms with Gasteiger partial charge in [0.05, 0.1) is 0 Å². The van der Waals surface area contributed by atoms with E-state index in [2.05, 4.69) is 4.72 Å². The summed E-state index contributed by atoms with van der Waals surface area (Å²) < 4.78 is 26.8. The molecule has 0 aromatic carbocycles. The van der Waals surface area contributed by atoms with E-state index in [-0.39, 0.29) is 18.5 Å². The molecule has 1 aromatic heterocycles. The summed E-state index contributed by atoms with van der Waals surface area (Å²) in [5.41, 5.74) is 0. The molecule has 0 spiro atoms. The van der Waals surface area contributed by atoms with E-state index >= 15 is 0 Å². The summed E-state index contributed by atoms with van der Waals surface area (Å²) in [7, 11) is -3.44. The summed E-state index contributed by atoms with van der Waals surface area (Å²) in [6.07, 6.45) is 2.50. The van der Waals surface area contributed by atoms with Crippen LogP contribution < -0.4 is 4.72 Å². The molecule has 19 heavy (non-hydrogen) atoms. The summed E-state index contributed by atoms with van der Waals surface area (Å²) in [6.45, 7) is 2.85. The number of carbonyl (C=O) groups excluding carboxylic acids is 1. The number of rotatable bonds is 5. The lowest BCUT2D eigenvalue weighted by Crippen LogP contribution is -2.47. The molecule has 0 bridgehead atoms. The van der Waals surface area contributed by atoms with Gasteiger partial charge in [0.15, 0.2) is 0 Å². The number of hydrogen-bond acceptors (Lipinski definition) is 4. The highest BCUT2D eigenvalue weighted by Crippen LogP contribution is 2.16. The van der Waals surface area contributed by atoms with Gasteiger partial charge in [-0.25, -0.2) is 13.1 Å². The third kappa shape index (κ3) is 3.55. The molecule has 7 heteroatoms. The molecule has 0 unspecified atom stereocenters. The van der Waals surface area contributed by atoms with Crippen LogP contribution in [0.3, 0.4) is 0 Å². The van der Waals surface area contributed by atoms with E-state index in [4.69, 9.17) is 0 Å². The third-order valence-electron chi connectivity index (χ3n) is 3.22. The number of carbonyl (C=O) groups is 1. The molecule has 5 nitrogen and oxygen atoms in total. The van der Waals surface area contributed by atoms with Gasteiger partial charge in [0.25, 0.3) is 0 Å². The zero-order chi connectivity index (χ0) is 13.9. The molecule has 1 saturated heterocycles. The van der Waals surface area contributed by atoms with E-state index in [1.165, 1.54) is 11.3 Å². The molecule has 0 radical (unpaired) electrons. The van der Waals surface area contributed by atoms with Gasteiger partial charge >= 0.3 is 0 Å². The minimum absolute atomic E-state index is 0.109. The molecule has 0 aliphatic carbocycles. The van der Waals surface area contributed by atoms with Crippen LogP contribution in [0.4, 0.5) is 0 Å². The van der Waals surface area contributed by atoms with Gasteiger partial charge in [0, 0.05) is 25.6 Å². The maximum Gasteiger partial charge on any atom is 0.250 e. The van der Waals surface area contributed by atoms with E-state index < -0.39 is 10.0 Å². The fourth-order valence-corrected chi connectivity index (χ4v) is 4.28. The van der Waals surface area contributed by atoms with Gasteiger partial charge in [0.2, 0.25) is 15.9 Å². The van der Waals surface area contributed by atoms with Crippen LogP contribution in [0.25, 0.3) is 0 Å². The van der Waals surface area contributed by atoms with Gasteiger partial charge in [-0.2, -0.15) is 0 Å². The monoisotopic (exact) mass is 302 g/mol. The first-order valence-corrected chi connectivity index (χ1v) is 8.69. The quantitative estimate of drug-likeness (QED) is 0.894. The van der Waals surface area contributed by atoms with Crippen molar-refractivity contribution in [2.75, 3.05) is 13.1 Å². The molecule has 106 valence electrons. The number of likely N-dealkylation sites (tertiary alicyclic amines) is 1. The molecule has 2 heterocycles. The summed E-state index contributed by atoms with van der Waals surface area (Å²) in [4.78, 5) is 13.5. The summed E-state index contributed by atoms with van der Waals surface area (Å²) in [6, 6.07) is 3.17. The fourth-order valence-electron chi connectivity index (χ4n) is 2.12. The summed E-state index contributed by atoms with van der Waals surface area (Å²) in [5.74, 6) is 0.120. The van der Waals surface area contributed by atoms with Crippen molar-refractivity contribution in [1.29, 1.82) is 0 Å². The number of nitrogens with zero attached hydrogens (tertiary/aromatic N) is 1. The largest absolute Gasteiger partial charge is 0.339 e. The highest BCUT2D eigenvalue weighted by molar-refractivity contribution is 7.91. The van der Waals surface area contributed by atoms with Crippen LogP contribution in [0.15, 0.2) is 21.7 Å². The van der Waals surface area contributed by atoms with Gasteiger partial charge < -0.3 is 4.90 Å². The standard InChI is InChI=1S/C12H18N2O3S2/c1-10(14-7-3-2-5-11(14)15)9-13-19(16,17)12-6-4-8-18-12/h4,6,8,10,13H,2-3,5,7,9H2,1H3/t10-/m1/s1. The number of nitrogens with one attached hydrogen (secondary N) is 1. The van der Waals surface area contributed by atoms with Crippen molar-refractivity contribution in [3.8, 4) is 0 Å². The Morgan fingerprint density at radius 2 is 2.26 bits per heavy atom. The molecule has 1 aliphatic rings. The van der Waals surface area contributed by atoms with Crippen molar-refractivity contribution in [2.24, 2.45) is 0 Å². The Bertz CT molecular complexity index is 525. The summed E-state index contributed by atoms with van der Waals surface area (Å²) in [5, 5.41) is 1.73. The second kappa shape index (κ2) is 6.02. The fraction of sp³-hybridized carbons (Fsp3) is 0.583. The molecule has 1 aromatic rings. The maximum atomic E-state index is 12.0. The van der Waals surface area contributed by atoms with E-state index in [0.717, 1.165) is 19.4 Å². The number of piperidine rings is 1. The summed E-state index contributed by atoms with van der Waals surface area (Å²) >= 11 is 1.19. The highest BCUT2D eigenvalue weighted by atomic mass is 32.2. The second-order valence-electron chi connectivity index (χ2n) is 4.68. The molecule has 1 N–H and O–H groups in total. The SMILES string of the molecule is C[C@H](CNS(=O)(=O)c1cccs1)N1CCCCC1=O. The first kappa shape index (κ1) is 14.5. The minimum Gasteiger partial charge on any atom is -0.339 e. The van der Waals surface area contributed by atoms with Crippen molar-refractivity contribution in [1.82, 2.24) is 9.62 Å². The van der Waals surface area contributed by atoms with Crippen molar-refractivity contribution in [3.63, 3.8) is 0 Å². The van der Waals surface area contributed by atoms with E-state index in [0.29, 0.717) is 10.6 Å². The zero-order valence-corrected chi connectivity index (χ0v) is 12.5. The maximum absolute atomic E-state index is 12.0. The second-order valence-corrected chi connectivity index (χ2v) is 7.62. The van der Waals surface area contributed by atoms with Gasteiger partial charge in [-0.3, -0.25) is 4.79 Å². The zero-order valence-electron chi connectivity index (χ0n) is 10.8. The van der Waals surface area contributed by atoms with Crippen molar-refractivity contribution < 1.29 is 13.2 Å². The highest BCUT2D eigenvalue weighted by Gasteiger charge is 2.24. The first-order valence-electron chi connectivity index (χ1n) is 6.33. The third-order valence-corrected chi connectivity index (χ3v) is 6.04. The number of amides is 1. The molecule has 1 amide bonds. The topological polar surface area (TPSA) is 66.5 Å². The van der Waals surface area contributed by atoms with Crippen LogP contribution in [0.1, 0.15) is 26.2 Å². The number of hydrogen-bond donors (Lipinski definition) is 1. The Kier molecular flexibility index (Phi) is 4.59. The lowest BCUT2D eigenvalue weighted by atomic mass is 10.1. The van der Waals surface area contributed by atoms with Crippen LogP contribution in [0.2, 0.25) is 0 Å². The van der Waals surface area contributed by atoms with Crippen molar-refractivity contribution in [2.45, 2.75) is 36.4 Å². The Hall–Kier alpha value is -0.920. The first-order chi connectivity index (χ1) is 9.00. The number of thiophene rings is 1. The van der Waals surface area contributed by atoms with Gasteiger partial charge in [-0.05, 0) is 31.2 Å². The van der Waals surface area contributed by atoms with Gasteiger partial charge in [0.1, 0.15) is 4.21 Å². The Morgan fingerprint density at radius 3 is 2.89 bits per heavy atom. The average molecular weight is 302 g/mol. The Morgan fingerprint density at radius 1 is 1.47 bits per heavy atom. The molecule has 1 atom stereocenters. The smallest absolute Gasteiger partial charge is 0.250 e. The predicted molar refractivity (Wildman–Crippen MR) is 74.5 cm³/mol. The van der Waals surface area contributed by atoms with Crippen molar-refractivity contribution >= 4 is 27.3 Å². The van der Waals surface area contributed by atoms with Crippen LogP contribution in [-0.4, -0.2) is 38.4 Å². The molecule has 1 aliphatic heterocycles. The predicted octanol–water partition coefficient (Wildman–Crippen LogP) is 1.43. The van der Waals surface area contributed by atoms with Crippen LogP contribution in [-0.2, 0) is 14.8 Å². The van der Waals surface area contributed by atoms with Crippen LogP contribution in [0.5, 0.6) is 0 Å². The lowest BCUT2D eigenvalue weighted by Gasteiger charge is -2.32. The average Bonchev–Trinajstić information content (AvgIpc) is 2.91.